The third kappa shape index (κ3) is 2.74. The Morgan fingerprint density at radius 3 is 2.78 bits per heavy atom. The Hall–Kier alpha value is -0.910. The second kappa shape index (κ2) is 5.38. The van der Waals surface area contributed by atoms with Crippen LogP contribution in [0.4, 0.5) is 0 Å². The molecule has 0 bridgehead atoms. The highest BCUT2D eigenvalue weighted by Gasteiger charge is 2.18. The van der Waals surface area contributed by atoms with Crippen molar-refractivity contribution in [3.05, 3.63) is 32.5 Å². The van der Waals surface area contributed by atoms with Crippen LogP contribution < -0.4 is 0 Å². The highest BCUT2D eigenvalue weighted by molar-refractivity contribution is 7.20. The van der Waals surface area contributed by atoms with Crippen molar-refractivity contribution >= 4 is 40.3 Å². The van der Waals surface area contributed by atoms with Crippen molar-refractivity contribution in [2.45, 2.75) is 26.3 Å². The van der Waals surface area contributed by atoms with Crippen LogP contribution in [0.2, 0.25) is 8.67 Å². The molecule has 0 spiro atoms. The monoisotopic (exact) mass is 303 g/mol. The molecule has 0 atom stereocenters. The summed E-state index contributed by atoms with van der Waals surface area (Å²) in [6.45, 7) is 3.97. The molecule has 0 N–H and O–H groups in total. The molecule has 7 heteroatoms. The number of ketones is 1. The molecule has 0 radical (unpaired) electrons. The van der Waals surface area contributed by atoms with Gasteiger partial charge < -0.3 is 0 Å². The van der Waals surface area contributed by atoms with Crippen LogP contribution in [0.3, 0.4) is 0 Å². The van der Waals surface area contributed by atoms with E-state index in [2.05, 4.69) is 10.1 Å². The maximum Gasteiger partial charge on any atom is 0.172 e. The van der Waals surface area contributed by atoms with Crippen LogP contribution in [0.25, 0.3) is 0 Å². The third-order valence-corrected chi connectivity index (χ3v) is 3.90. The predicted octanol–water partition coefficient (Wildman–Crippen LogP) is 3.65. The summed E-state index contributed by atoms with van der Waals surface area (Å²) >= 11 is 13.0. The Bertz CT molecular complexity index is 577. The van der Waals surface area contributed by atoms with Gasteiger partial charge in [0, 0.05) is 11.6 Å². The lowest BCUT2D eigenvalue weighted by Crippen LogP contribution is -2.13. The first-order chi connectivity index (χ1) is 8.49. The number of nitrogens with zero attached hydrogens (tertiary/aromatic N) is 3. The number of carbonyl (C=O) groups is 1. The molecule has 4 nitrogen and oxygen atoms in total. The Morgan fingerprint density at radius 2 is 2.22 bits per heavy atom. The molecular formula is C11H11Cl2N3OS. The Balaban J connectivity index is 2.21. The summed E-state index contributed by atoms with van der Waals surface area (Å²) in [5.74, 6) is 0.534. The topological polar surface area (TPSA) is 47.8 Å². The van der Waals surface area contributed by atoms with Gasteiger partial charge in [-0.15, -0.1) is 11.3 Å². The summed E-state index contributed by atoms with van der Waals surface area (Å²) in [6.07, 6.45) is 1.62. The third-order valence-electron chi connectivity index (χ3n) is 2.41. The van der Waals surface area contributed by atoms with Crippen LogP contribution in [0.15, 0.2) is 12.4 Å². The van der Waals surface area contributed by atoms with Gasteiger partial charge in [-0.1, -0.05) is 23.2 Å². The number of thiophene rings is 1. The van der Waals surface area contributed by atoms with E-state index in [-0.39, 0.29) is 18.2 Å². The average Bonchev–Trinajstić information content (AvgIpc) is 2.85. The van der Waals surface area contributed by atoms with Gasteiger partial charge in [-0.3, -0.25) is 4.79 Å². The summed E-state index contributed by atoms with van der Waals surface area (Å²) in [6, 6.07) is 1.75. The highest BCUT2D eigenvalue weighted by Crippen LogP contribution is 2.31. The number of halogens is 2. The van der Waals surface area contributed by atoms with E-state index in [1.807, 2.05) is 13.8 Å². The number of aromatic nitrogens is 3. The number of hydrogen-bond donors (Lipinski definition) is 0. The minimum Gasteiger partial charge on any atom is -0.294 e. The zero-order chi connectivity index (χ0) is 13.3. The number of hydrogen-bond acceptors (Lipinski definition) is 4. The second-order valence-electron chi connectivity index (χ2n) is 4.05. The molecule has 96 valence electrons. The predicted molar refractivity (Wildman–Crippen MR) is 72.8 cm³/mol. The van der Waals surface area contributed by atoms with Crippen LogP contribution >= 0.6 is 34.5 Å². The first-order valence-electron chi connectivity index (χ1n) is 5.35. The lowest BCUT2D eigenvalue weighted by atomic mass is 10.1. The van der Waals surface area contributed by atoms with Crippen LogP contribution in [-0.4, -0.2) is 20.5 Å². The highest BCUT2D eigenvalue weighted by atomic mass is 35.5. The van der Waals surface area contributed by atoms with Gasteiger partial charge in [0.2, 0.25) is 0 Å². The lowest BCUT2D eigenvalue weighted by molar-refractivity contribution is 0.0989. The smallest absolute Gasteiger partial charge is 0.172 e. The van der Waals surface area contributed by atoms with Gasteiger partial charge in [-0.05, 0) is 19.9 Å². The molecule has 18 heavy (non-hydrogen) atoms. The molecule has 2 rings (SSSR count). The molecular weight excluding hydrogens is 293 g/mol. The van der Waals surface area contributed by atoms with E-state index < -0.39 is 0 Å². The molecule has 2 aromatic rings. The summed E-state index contributed by atoms with van der Waals surface area (Å²) < 4.78 is 2.65. The Kier molecular flexibility index (Phi) is 4.04. The maximum absolute atomic E-state index is 12.1. The Labute approximate surface area is 119 Å². The summed E-state index contributed by atoms with van der Waals surface area (Å²) in [5.41, 5.74) is 0.449. The summed E-state index contributed by atoms with van der Waals surface area (Å²) in [7, 11) is 0. The molecule has 0 aromatic carbocycles. The molecule has 0 aliphatic rings. The van der Waals surface area contributed by atoms with Crippen molar-refractivity contribution in [1.82, 2.24) is 14.8 Å². The number of carbonyl (C=O) groups excluding carboxylic acids is 1. The summed E-state index contributed by atoms with van der Waals surface area (Å²) in [5, 5.41) is 4.09. The van der Waals surface area contributed by atoms with Gasteiger partial charge in [-0.2, -0.15) is 5.10 Å². The number of Topliss-reactive ketones (excluding diaryl/α,β-unsaturated/α-hetero) is 1. The molecule has 2 heterocycles. The first-order valence-corrected chi connectivity index (χ1v) is 6.92. The fraction of sp³-hybridized carbons (Fsp3) is 0.364. The zero-order valence-electron chi connectivity index (χ0n) is 9.85. The van der Waals surface area contributed by atoms with E-state index in [0.717, 1.165) is 0 Å². The van der Waals surface area contributed by atoms with Gasteiger partial charge in [-0.25, -0.2) is 9.67 Å². The average molecular weight is 304 g/mol. The Morgan fingerprint density at radius 1 is 1.50 bits per heavy atom. The summed E-state index contributed by atoms with van der Waals surface area (Å²) in [4.78, 5) is 16.2. The van der Waals surface area contributed by atoms with Crippen molar-refractivity contribution in [2.24, 2.45) is 0 Å². The van der Waals surface area contributed by atoms with E-state index in [0.29, 0.717) is 20.1 Å². The molecule has 0 saturated carbocycles. The van der Waals surface area contributed by atoms with Crippen molar-refractivity contribution in [1.29, 1.82) is 0 Å². The fourth-order valence-corrected chi connectivity index (χ4v) is 3.10. The van der Waals surface area contributed by atoms with E-state index in [1.165, 1.54) is 17.7 Å². The van der Waals surface area contributed by atoms with Gasteiger partial charge in [0.15, 0.2) is 5.78 Å². The fourth-order valence-electron chi connectivity index (χ4n) is 1.60. The van der Waals surface area contributed by atoms with Gasteiger partial charge in [0.05, 0.1) is 10.8 Å². The molecule has 0 saturated heterocycles. The van der Waals surface area contributed by atoms with Crippen molar-refractivity contribution in [2.75, 3.05) is 0 Å². The quantitative estimate of drug-likeness (QED) is 0.810. The van der Waals surface area contributed by atoms with Crippen LogP contribution in [0.1, 0.15) is 36.1 Å². The van der Waals surface area contributed by atoms with Crippen LogP contribution in [0, 0.1) is 0 Å². The van der Waals surface area contributed by atoms with Crippen molar-refractivity contribution in [3.8, 4) is 0 Å². The largest absolute Gasteiger partial charge is 0.294 e. The van der Waals surface area contributed by atoms with Gasteiger partial charge in [0.1, 0.15) is 16.5 Å². The molecule has 0 aliphatic carbocycles. The molecule has 2 aromatic heterocycles. The standard InChI is InChI=1S/C11H11Cl2N3OS/c1-6(2)16-10(14-5-15-16)4-8(17)7-3-9(12)18-11(7)13/h3,5-6H,4H2,1-2H3. The van der Waals surface area contributed by atoms with E-state index in [4.69, 9.17) is 23.2 Å². The lowest BCUT2D eigenvalue weighted by Gasteiger charge is -2.08. The SMILES string of the molecule is CC(C)n1ncnc1CC(=O)c1cc(Cl)sc1Cl. The second-order valence-corrected chi connectivity index (χ2v) is 6.34. The minimum absolute atomic E-state index is 0.0990. The van der Waals surface area contributed by atoms with E-state index in [9.17, 15) is 4.79 Å². The van der Waals surface area contributed by atoms with Gasteiger partial charge >= 0.3 is 0 Å². The molecule has 0 unspecified atom stereocenters. The molecule has 0 amide bonds. The molecule has 0 aliphatic heterocycles. The first kappa shape index (κ1) is 13.5. The van der Waals surface area contributed by atoms with Crippen LogP contribution in [-0.2, 0) is 6.42 Å². The normalized spacial score (nSPS) is 11.2. The van der Waals surface area contributed by atoms with E-state index >= 15 is 0 Å². The minimum atomic E-state index is -0.0990. The van der Waals surface area contributed by atoms with Crippen molar-refractivity contribution < 1.29 is 4.79 Å². The number of rotatable bonds is 4. The zero-order valence-corrected chi connectivity index (χ0v) is 12.2. The van der Waals surface area contributed by atoms with Gasteiger partial charge in [0.25, 0.3) is 0 Å². The van der Waals surface area contributed by atoms with E-state index in [1.54, 1.807) is 10.7 Å². The van der Waals surface area contributed by atoms with Crippen molar-refractivity contribution in [3.63, 3.8) is 0 Å². The van der Waals surface area contributed by atoms with Crippen LogP contribution in [0.5, 0.6) is 0 Å². The maximum atomic E-state index is 12.1. The molecule has 0 fully saturated rings.